The predicted octanol–water partition coefficient (Wildman–Crippen LogP) is 3.17. The Bertz CT molecular complexity index is 901. The van der Waals surface area contributed by atoms with Gasteiger partial charge >= 0.3 is 6.03 Å². The first kappa shape index (κ1) is 19.9. The molecule has 0 radical (unpaired) electrons. The fourth-order valence-corrected chi connectivity index (χ4v) is 3.70. The van der Waals surface area contributed by atoms with Crippen molar-refractivity contribution in [2.45, 2.75) is 19.4 Å². The summed E-state index contributed by atoms with van der Waals surface area (Å²) >= 11 is 3.45. The molecule has 0 spiro atoms. The number of nitrogens with zero attached hydrogens (tertiary/aromatic N) is 1. The lowest BCUT2D eigenvalue weighted by molar-refractivity contribution is -0.126. The van der Waals surface area contributed by atoms with Crippen LogP contribution in [0.3, 0.4) is 0 Å². The van der Waals surface area contributed by atoms with Crippen molar-refractivity contribution >= 4 is 45.2 Å². The molecule has 2 aromatic carbocycles. The molecule has 2 aromatic rings. The van der Waals surface area contributed by atoms with E-state index in [2.05, 4.69) is 26.6 Å². The smallest absolute Gasteiger partial charge is 0.316 e. The first-order valence-corrected chi connectivity index (χ1v) is 9.66. The van der Waals surface area contributed by atoms with Crippen LogP contribution in [-0.2, 0) is 9.59 Å². The summed E-state index contributed by atoms with van der Waals surface area (Å²) in [6, 6.07) is 13.7. The maximum absolute atomic E-state index is 12.7. The van der Waals surface area contributed by atoms with Crippen molar-refractivity contribution < 1.29 is 14.4 Å². The van der Waals surface area contributed by atoms with Gasteiger partial charge < -0.3 is 21.3 Å². The summed E-state index contributed by atoms with van der Waals surface area (Å²) < 4.78 is 0.822. The minimum Gasteiger partial charge on any atom is -0.351 e. The SMILES string of the molecule is CC(NC(=O)C1CC(=O)N(c2ccccc2Br)C1)c1ccc(NC(N)=O)cc1. The van der Waals surface area contributed by atoms with E-state index in [9.17, 15) is 14.4 Å². The molecule has 1 heterocycles. The average molecular weight is 445 g/mol. The van der Waals surface area contributed by atoms with Gasteiger partial charge in [0.2, 0.25) is 11.8 Å². The van der Waals surface area contributed by atoms with Crippen LogP contribution >= 0.6 is 15.9 Å². The molecule has 146 valence electrons. The number of nitrogens with two attached hydrogens (primary N) is 1. The normalized spacial score (nSPS) is 17.3. The molecule has 3 rings (SSSR count). The van der Waals surface area contributed by atoms with Crippen molar-refractivity contribution in [2.75, 3.05) is 16.8 Å². The molecule has 28 heavy (non-hydrogen) atoms. The van der Waals surface area contributed by atoms with Crippen LogP contribution in [0.1, 0.15) is 24.9 Å². The Hall–Kier alpha value is -2.87. The number of nitrogens with one attached hydrogen (secondary N) is 2. The van der Waals surface area contributed by atoms with Gasteiger partial charge in [0, 0.05) is 23.1 Å². The first-order valence-electron chi connectivity index (χ1n) is 8.87. The molecule has 4 amide bonds. The number of anilines is 2. The van der Waals surface area contributed by atoms with Crippen LogP contribution in [0.15, 0.2) is 53.0 Å². The number of carbonyl (C=O) groups excluding carboxylic acids is 3. The largest absolute Gasteiger partial charge is 0.351 e. The maximum atomic E-state index is 12.7. The van der Waals surface area contributed by atoms with Crippen molar-refractivity contribution in [3.63, 3.8) is 0 Å². The van der Waals surface area contributed by atoms with Gasteiger partial charge in [0.25, 0.3) is 0 Å². The average Bonchev–Trinajstić information content (AvgIpc) is 3.04. The van der Waals surface area contributed by atoms with Crippen LogP contribution in [0.5, 0.6) is 0 Å². The van der Waals surface area contributed by atoms with Gasteiger partial charge in [0.05, 0.1) is 17.6 Å². The van der Waals surface area contributed by atoms with Crippen molar-refractivity contribution in [1.82, 2.24) is 5.32 Å². The van der Waals surface area contributed by atoms with Crippen molar-refractivity contribution in [3.05, 3.63) is 58.6 Å². The molecule has 1 saturated heterocycles. The summed E-state index contributed by atoms with van der Waals surface area (Å²) in [6.45, 7) is 2.22. The lowest BCUT2D eigenvalue weighted by Gasteiger charge is -2.20. The van der Waals surface area contributed by atoms with Gasteiger partial charge in [0.15, 0.2) is 0 Å². The summed E-state index contributed by atoms with van der Waals surface area (Å²) in [5.41, 5.74) is 7.33. The molecule has 7 nitrogen and oxygen atoms in total. The molecule has 0 aromatic heterocycles. The van der Waals surface area contributed by atoms with Gasteiger partial charge in [0.1, 0.15) is 0 Å². The Labute approximate surface area is 171 Å². The molecule has 4 N–H and O–H groups in total. The lowest BCUT2D eigenvalue weighted by Crippen LogP contribution is -2.34. The van der Waals surface area contributed by atoms with Crippen LogP contribution < -0.4 is 21.3 Å². The van der Waals surface area contributed by atoms with E-state index in [-0.39, 0.29) is 24.3 Å². The molecule has 2 atom stereocenters. The lowest BCUT2D eigenvalue weighted by atomic mass is 10.0. The fourth-order valence-electron chi connectivity index (χ4n) is 3.20. The van der Waals surface area contributed by atoms with E-state index < -0.39 is 11.9 Å². The van der Waals surface area contributed by atoms with Gasteiger partial charge in [-0.2, -0.15) is 0 Å². The molecule has 1 fully saturated rings. The van der Waals surface area contributed by atoms with Crippen LogP contribution in [0.4, 0.5) is 16.2 Å². The molecule has 8 heteroatoms. The number of amides is 4. The summed E-state index contributed by atoms with van der Waals surface area (Å²) in [5, 5.41) is 5.45. The Morgan fingerprint density at radius 1 is 1.18 bits per heavy atom. The second-order valence-electron chi connectivity index (χ2n) is 6.70. The van der Waals surface area contributed by atoms with Crippen LogP contribution in [0, 0.1) is 5.92 Å². The summed E-state index contributed by atoms with van der Waals surface area (Å²) in [4.78, 5) is 37.6. The Kier molecular flexibility index (Phi) is 5.99. The maximum Gasteiger partial charge on any atom is 0.316 e. The number of hydrogen-bond acceptors (Lipinski definition) is 3. The quantitative estimate of drug-likeness (QED) is 0.659. The molecule has 1 aliphatic heterocycles. The van der Waals surface area contributed by atoms with E-state index in [0.29, 0.717) is 12.2 Å². The zero-order valence-electron chi connectivity index (χ0n) is 15.3. The number of para-hydroxylation sites is 1. The van der Waals surface area contributed by atoms with Gasteiger partial charge in [-0.3, -0.25) is 9.59 Å². The Morgan fingerprint density at radius 3 is 2.50 bits per heavy atom. The highest BCUT2D eigenvalue weighted by Gasteiger charge is 2.36. The zero-order valence-corrected chi connectivity index (χ0v) is 16.9. The molecular weight excluding hydrogens is 424 g/mol. The van der Waals surface area contributed by atoms with Crippen molar-refractivity contribution in [2.24, 2.45) is 11.7 Å². The highest BCUT2D eigenvalue weighted by Crippen LogP contribution is 2.31. The summed E-state index contributed by atoms with van der Waals surface area (Å²) in [7, 11) is 0. The number of carbonyl (C=O) groups is 3. The molecule has 0 saturated carbocycles. The number of halogens is 1. The van der Waals surface area contributed by atoms with Crippen LogP contribution in [0.25, 0.3) is 0 Å². The van der Waals surface area contributed by atoms with Crippen LogP contribution in [-0.4, -0.2) is 24.4 Å². The molecular formula is C20H21BrN4O3. The van der Waals surface area contributed by atoms with Crippen molar-refractivity contribution in [1.29, 1.82) is 0 Å². The van der Waals surface area contributed by atoms with Gasteiger partial charge in [-0.1, -0.05) is 24.3 Å². The van der Waals surface area contributed by atoms with Gasteiger partial charge in [-0.15, -0.1) is 0 Å². The number of rotatable bonds is 5. The van der Waals surface area contributed by atoms with Crippen molar-refractivity contribution in [3.8, 4) is 0 Å². The van der Waals surface area contributed by atoms with E-state index >= 15 is 0 Å². The number of benzene rings is 2. The minimum atomic E-state index is -0.630. The molecule has 1 aliphatic rings. The third-order valence-electron chi connectivity index (χ3n) is 4.68. The van der Waals surface area contributed by atoms with E-state index in [1.54, 1.807) is 17.0 Å². The molecule has 2 unspecified atom stereocenters. The molecule has 0 aliphatic carbocycles. The zero-order chi connectivity index (χ0) is 20.3. The summed E-state index contributed by atoms with van der Waals surface area (Å²) in [5.74, 6) is -0.630. The fraction of sp³-hybridized carbons (Fsp3) is 0.250. The second kappa shape index (κ2) is 8.43. The van der Waals surface area contributed by atoms with Gasteiger partial charge in [-0.25, -0.2) is 4.79 Å². The topological polar surface area (TPSA) is 105 Å². The Morgan fingerprint density at radius 2 is 1.86 bits per heavy atom. The standard InChI is InChI=1S/C20H21BrN4O3/c1-12(13-6-8-15(9-7-13)24-20(22)28)23-19(27)14-10-18(26)25(11-14)17-5-3-2-4-16(17)21/h2-9,12,14H,10-11H2,1H3,(H,23,27)(H3,22,24,28). The third kappa shape index (κ3) is 4.51. The van der Waals surface area contributed by atoms with E-state index in [4.69, 9.17) is 5.73 Å². The number of urea groups is 1. The van der Waals surface area contributed by atoms with E-state index in [1.165, 1.54) is 0 Å². The second-order valence-corrected chi connectivity index (χ2v) is 7.55. The van der Waals surface area contributed by atoms with Gasteiger partial charge in [-0.05, 0) is 52.7 Å². The van der Waals surface area contributed by atoms with Crippen LogP contribution in [0.2, 0.25) is 0 Å². The predicted molar refractivity (Wildman–Crippen MR) is 111 cm³/mol. The van der Waals surface area contributed by atoms with E-state index in [1.807, 2.05) is 43.3 Å². The first-order chi connectivity index (χ1) is 13.3. The highest BCUT2D eigenvalue weighted by molar-refractivity contribution is 9.10. The minimum absolute atomic E-state index is 0.0680. The van der Waals surface area contributed by atoms with E-state index in [0.717, 1.165) is 15.7 Å². The Balaban J connectivity index is 1.62. The monoisotopic (exact) mass is 444 g/mol. The molecule has 0 bridgehead atoms. The highest BCUT2D eigenvalue weighted by atomic mass is 79.9. The summed E-state index contributed by atoms with van der Waals surface area (Å²) in [6.07, 6.45) is 0.182. The third-order valence-corrected chi connectivity index (χ3v) is 5.35. The number of hydrogen-bond donors (Lipinski definition) is 3. The number of primary amides is 1.